The van der Waals surface area contributed by atoms with E-state index in [1.54, 1.807) is 19.1 Å². The standard InChI is InChI=1S/C13H12F3N3/c1-8-5-11(7-17)19-12(18-8)9-3-2-4-10(6-9)13(14,15)16/h2-6H,7,17H2,1H3. The number of halogens is 3. The molecule has 2 rings (SSSR count). The van der Waals surface area contributed by atoms with Crippen molar-refractivity contribution in [3.05, 3.63) is 47.3 Å². The minimum Gasteiger partial charge on any atom is -0.325 e. The molecule has 0 saturated heterocycles. The molecule has 1 aromatic carbocycles. The Kier molecular flexibility index (Phi) is 3.53. The smallest absolute Gasteiger partial charge is 0.325 e. The van der Waals surface area contributed by atoms with Crippen molar-refractivity contribution >= 4 is 0 Å². The first-order valence-corrected chi connectivity index (χ1v) is 5.62. The highest BCUT2D eigenvalue weighted by atomic mass is 19.4. The van der Waals surface area contributed by atoms with Crippen LogP contribution in [0.4, 0.5) is 13.2 Å². The zero-order valence-corrected chi connectivity index (χ0v) is 10.2. The predicted molar refractivity (Wildman–Crippen MR) is 65.1 cm³/mol. The summed E-state index contributed by atoms with van der Waals surface area (Å²) < 4.78 is 37.9. The number of nitrogens with zero attached hydrogens (tertiary/aromatic N) is 2. The van der Waals surface area contributed by atoms with Crippen molar-refractivity contribution in [2.24, 2.45) is 5.73 Å². The summed E-state index contributed by atoms with van der Waals surface area (Å²) in [6, 6.07) is 6.64. The number of hydrogen-bond acceptors (Lipinski definition) is 3. The fourth-order valence-corrected chi connectivity index (χ4v) is 1.70. The lowest BCUT2D eigenvalue weighted by Crippen LogP contribution is -2.06. The third-order valence-electron chi connectivity index (χ3n) is 2.56. The fraction of sp³-hybridized carbons (Fsp3) is 0.231. The quantitative estimate of drug-likeness (QED) is 0.910. The Labute approximate surface area is 108 Å². The third-order valence-corrected chi connectivity index (χ3v) is 2.56. The predicted octanol–water partition coefficient (Wildman–Crippen LogP) is 2.93. The molecule has 3 nitrogen and oxygen atoms in total. The second kappa shape index (κ2) is 4.97. The van der Waals surface area contributed by atoms with Crippen molar-refractivity contribution in [3.63, 3.8) is 0 Å². The molecule has 19 heavy (non-hydrogen) atoms. The Balaban J connectivity index is 2.50. The van der Waals surface area contributed by atoms with Crippen LogP contribution in [0.5, 0.6) is 0 Å². The molecule has 0 aliphatic carbocycles. The molecule has 0 atom stereocenters. The van der Waals surface area contributed by atoms with E-state index < -0.39 is 11.7 Å². The molecule has 0 unspecified atom stereocenters. The fourth-order valence-electron chi connectivity index (χ4n) is 1.70. The van der Waals surface area contributed by atoms with Crippen molar-refractivity contribution in [2.45, 2.75) is 19.6 Å². The molecule has 0 fully saturated rings. The Bertz CT molecular complexity index is 594. The summed E-state index contributed by atoms with van der Waals surface area (Å²) >= 11 is 0. The van der Waals surface area contributed by atoms with Crippen LogP contribution in [0, 0.1) is 6.92 Å². The largest absolute Gasteiger partial charge is 0.416 e. The van der Waals surface area contributed by atoms with E-state index in [0.29, 0.717) is 17.0 Å². The van der Waals surface area contributed by atoms with Gasteiger partial charge in [0, 0.05) is 17.8 Å². The van der Waals surface area contributed by atoms with Gasteiger partial charge in [0.2, 0.25) is 0 Å². The van der Waals surface area contributed by atoms with Crippen molar-refractivity contribution < 1.29 is 13.2 Å². The van der Waals surface area contributed by atoms with Gasteiger partial charge in [0.1, 0.15) is 0 Å². The summed E-state index contributed by atoms with van der Waals surface area (Å²) in [5.41, 5.74) is 6.37. The first-order chi connectivity index (χ1) is 8.90. The molecule has 100 valence electrons. The molecule has 0 saturated carbocycles. The average Bonchev–Trinajstić information content (AvgIpc) is 2.37. The first kappa shape index (κ1) is 13.5. The number of rotatable bonds is 2. The lowest BCUT2D eigenvalue weighted by molar-refractivity contribution is -0.137. The Hall–Kier alpha value is -1.95. The normalized spacial score (nSPS) is 11.6. The monoisotopic (exact) mass is 267 g/mol. The minimum absolute atomic E-state index is 0.218. The minimum atomic E-state index is -4.38. The number of aryl methyl sites for hydroxylation is 1. The highest BCUT2D eigenvalue weighted by molar-refractivity contribution is 5.56. The zero-order chi connectivity index (χ0) is 14.0. The number of benzene rings is 1. The van der Waals surface area contributed by atoms with Crippen LogP contribution in [0.25, 0.3) is 11.4 Å². The Morgan fingerprint density at radius 2 is 1.89 bits per heavy atom. The number of nitrogens with two attached hydrogens (primary N) is 1. The maximum absolute atomic E-state index is 12.6. The summed E-state index contributed by atoms with van der Waals surface area (Å²) in [6.07, 6.45) is -4.38. The van der Waals surface area contributed by atoms with E-state index in [-0.39, 0.29) is 12.4 Å². The summed E-state index contributed by atoms with van der Waals surface area (Å²) in [7, 11) is 0. The molecule has 1 aromatic heterocycles. The van der Waals surface area contributed by atoms with Crippen LogP contribution >= 0.6 is 0 Å². The molecule has 0 radical (unpaired) electrons. The van der Waals surface area contributed by atoms with Gasteiger partial charge in [0.05, 0.1) is 11.3 Å². The van der Waals surface area contributed by atoms with E-state index in [1.807, 2.05) is 0 Å². The van der Waals surface area contributed by atoms with Gasteiger partial charge in [-0.05, 0) is 25.1 Å². The van der Waals surface area contributed by atoms with Gasteiger partial charge in [-0.15, -0.1) is 0 Å². The van der Waals surface area contributed by atoms with E-state index >= 15 is 0 Å². The maximum atomic E-state index is 12.6. The highest BCUT2D eigenvalue weighted by Crippen LogP contribution is 2.31. The van der Waals surface area contributed by atoms with Crippen molar-refractivity contribution in [2.75, 3.05) is 0 Å². The summed E-state index contributed by atoms with van der Waals surface area (Å²) in [5.74, 6) is 0.256. The maximum Gasteiger partial charge on any atom is 0.416 e. The van der Waals surface area contributed by atoms with Gasteiger partial charge in [-0.2, -0.15) is 13.2 Å². The van der Waals surface area contributed by atoms with E-state index in [1.165, 1.54) is 6.07 Å². The summed E-state index contributed by atoms with van der Waals surface area (Å²) in [6.45, 7) is 1.97. The van der Waals surface area contributed by atoms with Gasteiger partial charge in [0.25, 0.3) is 0 Å². The Morgan fingerprint density at radius 3 is 2.53 bits per heavy atom. The van der Waals surface area contributed by atoms with Gasteiger partial charge in [-0.1, -0.05) is 12.1 Å². The van der Waals surface area contributed by atoms with Crippen LogP contribution in [-0.2, 0) is 12.7 Å². The summed E-state index contributed by atoms with van der Waals surface area (Å²) in [5, 5.41) is 0. The first-order valence-electron chi connectivity index (χ1n) is 5.62. The van der Waals surface area contributed by atoms with Crippen molar-refractivity contribution in [3.8, 4) is 11.4 Å². The molecule has 0 aliphatic heterocycles. The van der Waals surface area contributed by atoms with E-state index in [9.17, 15) is 13.2 Å². The van der Waals surface area contributed by atoms with Gasteiger partial charge in [-0.3, -0.25) is 0 Å². The molecule has 1 heterocycles. The van der Waals surface area contributed by atoms with Crippen LogP contribution in [-0.4, -0.2) is 9.97 Å². The van der Waals surface area contributed by atoms with E-state index in [0.717, 1.165) is 12.1 Å². The van der Waals surface area contributed by atoms with Crippen LogP contribution in [0.2, 0.25) is 0 Å². The second-order valence-corrected chi connectivity index (χ2v) is 4.11. The van der Waals surface area contributed by atoms with Gasteiger partial charge < -0.3 is 5.73 Å². The molecular formula is C13H12F3N3. The second-order valence-electron chi connectivity index (χ2n) is 4.11. The van der Waals surface area contributed by atoms with Crippen LogP contribution in [0.1, 0.15) is 17.0 Å². The molecule has 6 heteroatoms. The van der Waals surface area contributed by atoms with Crippen LogP contribution < -0.4 is 5.73 Å². The van der Waals surface area contributed by atoms with Crippen molar-refractivity contribution in [1.29, 1.82) is 0 Å². The number of aromatic nitrogens is 2. The molecular weight excluding hydrogens is 255 g/mol. The lowest BCUT2D eigenvalue weighted by atomic mass is 10.1. The van der Waals surface area contributed by atoms with E-state index in [2.05, 4.69) is 9.97 Å². The average molecular weight is 267 g/mol. The zero-order valence-electron chi connectivity index (χ0n) is 10.2. The molecule has 2 N–H and O–H groups in total. The van der Waals surface area contributed by atoms with Crippen LogP contribution in [0.15, 0.2) is 30.3 Å². The van der Waals surface area contributed by atoms with Crippen LogP contribution in [0.3, 0.4) is 0 Å². The lowest BCUT2D eigenvalue weighted by Gasteiger charge is -2.09. The molecule has 0 bridgehead atoms. The summed E-state index contributed by atoms with van der Waals surface area (Å²) in [4.78, 5) is 8.28. The topological polar surface area (TPSA) is 51.8 Å². The van der Waals surface area contributed by atoms with Gasteiger partial charge >= 0.3 is 6.18 Å². The highest BCUT2D eigenvalue weighted by Gasteiger charge is 2.30. The molecule has 0 spiro atoms. The van der Waals surface area contributed by atoms with E-state index in [4.69, 9.17) is 5.73 Å². The Morgan fingerprint density at radius 1 is 1.16 bits per heavy atom. The molecule has 2 aromatic rings. The SMILES string of the molecule is Cc1cc(CN)nc(-c2cccc(C(F)(F)F)c2)n1. The third kappa shape index (κ3) is 3.08. The van der Waals surface area contributed by atoms with Gasteiger partial charge in [0.15, 0.2) is 5.82 Å². The number of alkyl halides is 3. The van der Waals surface area contributed by atoms with Gasteiger partial charge in [-0.25, -0.2) is 9.97 Å². The molecule has 0 aliphatic rings. The molecule has 0 amide bonds. The number of hydrogen-bond donors (Lipinski definition) is 1. The van der Waals surface area contributed by atoms with Crippen molar-refractivity contribution in [1.82, 2.24) is 9.97 Å².